The van der Waals surface area contributed by atoms with Gasteiger partial charge in [-0.3, -0.25) is 0 Å². The van der Waals surface area contributed by atoms with Crippen LogP contribution in [0, 0.1) is 6.92 Å². The van der Waals surface area contributed by atoms with Crippen LogP contribution in [0.15, 0.2) is 29.3 Å². The molecule has 0 saturated carbocycles. The van der Waals surface area contributed by atoms with Crippen LogP contribution in [0.3, 0.4) is 0 Å². The quantitative estimate of drug-likeness (QED) is 0.855. The molecule has 6 heteroatoms. The summed E-state index contributed by atoms with van der Waals surface area (Å²) in [5.41, 5.74) is 1.22. The second-order valence-electron chi connectivity index (χ2n) is 5.26. The lowest BCUT2D eigenvalue weighted by Crippen LogP contribution is -2.34. The minimum atomic E-state index is -0.346. The van der Waals surface area contributed by atoms with Gasteiger partial charge in [-0.05, 0) is 37.8 Å². The van der Waals surface area contributed by atoms with Crippen LogP contribution in [0.4, 0.5) is 5.95 Å². The van der Waals surface area contributed by atoms with Crippen molar-refractivity contribution in [3.8, 4) is 5.69 Å². The first-order valence-corrected chi connectivity index (χ1v) is 7.51. The predicted octanol–water partition coefficient (Wildman–Crippen LogP) is 2.58. The van der Waals surface area contributed by atoms with Gasteiger partial charge in [-0.15, -0.1) is 0 Å². The van der Waals surface area contributed by atoms with Crippen LogP contribution < -0.4 is 10.6 Å². The molecule has 1 saturated heterocycles. The van der Waals surface area contributed by atoms with Crippen molar-refractivity contribution in [1.82, 2.24) is 14.5 Å². The third kappa shape index (κ3) is 2.78. The fourth-order valence-corrected chi connectivity index (χ4v) is 2.97. The van der Waals surface area contributed by atoms with E-state index in [0.717, 1.165) is 31.5 Å². The molecule has 0 amide bonds. The zero-order chi connectivity index (χ0) is 14.8. The zero-order valence-corrected chi connectivity index (χ0v) is 12.7. The summed E-state index contributed by atoms with van der Waals surface area (Å²) in [6, 6.07) is 5.52. The highest BCUT2D eigenvalue weighted by atomic mass is 35.5. The Morgan fingerprint density at radius 3 is 2.62 bits per heavy atom. The van der Waals surface area contributed by atoms with Gasteiger partial charge in [0.2, 0.25) is 5.95 Å². The number of aryl methyl sites for hydroxylation is 1. The van der Waals surface area contributed by atoms with E-state index in [-0.39, 0.29) is 5.69 Å². The summed E-state index contributed by atoms with van der Waals surface area (Å²) in [6.07, 6.45) is 4.99. The number of hydrogen-bond donors (Lipinski definition) is 0. The topological polar surface area (TPSA) is 51.0 Å². The minimum absolute atomic E-state index is 0.346. The lowest BCUT2D eigenvalue weighted by molar-refractivity contribution is 0.565. The van der Waals surface area contributed by atoms with Crippen molar-refractivity contribution < 1.29 is 0 Å². The van der Waals surface area contributed by atoms with Crippen LogP contribution >= 0.6 is 11.6 Å². The van der Waals surface area contributed by atoms with Crippen LogP contribution in [0.1, 0.15) is 24.8 Å². The van der Waals surface area contributed by atoms with Gasteiger partial charge in [0.25, 0.3) is 0 Å². The average Bonchev–Trinajstić information content (AvgIpc) is 2.49. The van der Waals surface area contributed by atoms with Gasteiger partial charge in [0, 0.05) is 13.1 Å². The molecule has 0 bridgehead atoms. The zero-order valence-electron chi connectivity index (χ0n) is 11.9. The molecule has 3 rings (SSSR count). The molecule has 0 spiro atoms. The van der Waals surface area contributed by atoms with E-state index in [9.17, 15) is 4.79 Å². The van der Waals surface area contributed by atoms with E-state index in [1.54, 1.807) is 6.07 Å². The second kappa shape index (κ2) is 5.85. The van der Waals surface area contributed by atoms with Gasteiger partial charge in [0.05, 0.1) is 10.7 Å². The van der Waals surface area contributed by atoms with E-state index in [1.165, 1.54) is 17.3 Å². The largest absolute Gasteiger partial charge is 0.356 e. The van der Waals surface area contributed by atoms with Gasteiger partial charge in [-0.2, -0.15) is 4.98 Å². The highest BCUT2D eigenvalue weighted by molar-refractivity contribution is 6.32. The standard InChI is InChI=1S/C15H17ClN4O/c1-11-6-5-7-12(16)13(11)20-10-17-14(18-15(20)21)19-8-3-2-4-9-19/h5-7,10H,2-4,8-9H2,1H3. The molecule has 1 aliphatic heterocycles. The van der Waals surface area contributed by atoms with Gasteiger partial charge in [-0.25, -0.2) is 14.3 Å². The first-order valence-electron chi connectivity index (χ1n) is 7.13. The Bertz CT molecular complexity index is 687. The van der Waals surface area contributed by atoms with Crippen molar-refractivity contribution in [1.29, 1.82) is 0 Å². The number of anilines is 1. The number of nitrogens with zero attached hydrogens (tertiary/aromatic N) is 4. The molecule has 1 aromatic heterocycles. The molecule has 5 nitrogen and oxygen atoms in total. The second-order valence-corrected chi connectivity index (χ2v) is 5.67. The molecule has 0 aliphatic carbocycles. The van der Waals surface area contributed by atoms with Crippen LogP contribution in [0.5, 0.6) is 0 Å². The maximum absolute atomic E-state index is 12.3. The summed E-state index contributed by atoms with van der Waals surface area (Å²) in [5, 5.41) is 0.520. The SMILES string of the molecule is Cc1cccc(Cl)c1-n1cnc(N2CCCCC2)nc1=O. The molecule has 1 aromatic carbocycles. The summed E-state index contributed by atoms with van der Waals surface area (Å²) in [7, 11) is 0. The summed E-state index contributed by atoms with van der Waals surface area (Å²) in [6.45, 7) is 3.73. The Kier molecular flexibility index (Phi) is 3.92. The molecule has 0 unspecified atom stereocenters. The molecule has 0 N–H and O–H groups in total. The van der Waals surface area contributed by atoms with Crippen molar-refractivity contribution in [2.75, 3.05) is 18.0 Å². The summed E-state index contributed by atoms with van der Waals surface area (Å²) in [4.78, 5) is 22.8. The van der Waals surface area contributed by atoms with E-state index >= 15 is 0 Å². The van der Waals surface area contributed by atoms with Crippen LogP contribution in [-0.4, -0.2) is 27.6 Å². The first kappa shape index (κ1) is 14.1. The molecule has 110 valence electrons. The van der Waals surface area contributed by atoms with Crippen LogP contribution in [0.25, 0.3) is 5.69 Å². The highest BCUT2D eigenvalue weighted by Crippen LogP contribution is 2.22. The van der Waals surface area contributed by atoms with E-state index < -0.39 is 0 Å². The Labute approximate surface area is 128 Å². The fourth-order valence-electron chi connectivity index (χ4n) is 2.65. The van der Waals surface area contributed by atoms with Gasteiger partial charge in [0.15, 0.2) is 0 Å². The third-order valence-corrected chi connectivity index (χ3v) is 4.06. The first-order chi connectivity index (χ1) is 10.2. The van der Waals surface area contributed by atoms with E-state index in [1.807, 2.05) is 19.1 Å². The van der Waals surface area contributed by atoms with E-state index in [2.05, 4.69) is 14.9 Å². The van der Waals surface area contributed by atoms with Gasteiger partial charge < -0.3 is 4.90 Å². The molecule has 1 aliphatic rings. The monoisotopic (exact) mass is 304 g/mol. The predicted molar refractivity (Wildman–Crippen MR) is 83.4 cm³/mol. The fraction of sp³-hybridized carbons (Fsp3) is 0.400. The van der Waals surface area contributed by atoms with E-state index in [4.69, 9.17) is 11.6 Å². The maximum atomic E-state index is 12.3. The molecular weight excluding hydrogens is 288 g/mol. The average molecular weight is 305 g/mol. The Balaban J connectivity index is 2.00. The van der Waals surface area contributed by atoms with Crippen molar-refractivity contribution in [3.05, 3.63) is 45.6 Å². The lowest BCUT2D eigenvalue weighted by Gasteiger charge is -2.26. The Morgan fingerprint density at radius 2 is 1.95 bits per heavy atom. The van der Waals surface area contributed by atoms with Gasteiger partial charge >= 0.3 is 5.69 Å². The smallest absolute Gasteiger partial charge is 0.341 e. The number of rotatable bonds is 2. The van der Waals surface area contributed by atoms with Gasteiger partial charge in [0.1, 0.15) is 6.33 Å². The normalized spacial score (nSPS) is 15.2. The number of para-hydroxylation sites is 1. The molecular formula is C15H17ClN4O. The number of piperidine rings is 1. The number of halogens is 1. The Morgan fingerprint density at radius 1 is 1.19 bits per heavy atom. The lowest BCUT2D eigenvalue weighted by atomic mass is 10.1. The number of hydrogen-bond acceptors (Lipinski definition) is 4. The van der Waals surface area contributed by atoms with Crippen LogP contribution in [0.2, 0.25) is 5.02 Å². The Hall–Kier alpha value is -1.88. The highest BCUT2D eigenvalue weighted by Gasteiger charge is 2.16. The summed E-state index contributed by atoms with van der Waals surface area (Å²) < 4.78 is 1.41. The molecule has 2 aromatic rings. The summed E-state index contributed by atoms with van der Waals surface area (Å²) >= 11 is 6.20. The molecule has 0 radical (unpaired) electrons. The number of benzene rings is 1. The number of aromatic nitrogens is 3. The van der Waals surface area contributed by atoms with Crippen molar-refractivity contribution in [2.24, 2.45) is 0 Å². The maximum Gasteiger partial charge on any atom is 0.356 e. The molecule has 21 heavy (non-hydrogen) atoms. The third-order valence-electron chi connectivity index (χ3n) is 3.76. The van der Waals surface area contributed by atoms with Crippen molar-refractivity contribution in [3.63, 3.8) is 0 Å². The molecule has 0 atom stereocenters. The van der Waals surface area contributed by atoms with Crippen molar-refractivity contribution in [2.45, 2.75) is 26.2 Å². The van der Waals surface area contributed by atoms with Crippen LogP contribution in [-0.2, 0) is 0 Å². The molecule has 2 heterocycles. The van der Waals surface area contributed by atoms with Gasteiger partial charge in [-0.1, -0.05) is 23.7 Å². The minimum Gasteiger partial charge on any atom is -0.341 e. The van der Waals surface area contributed by atoms with E-state index in [0.29, 0.717) is 16.7 Å². The summed E-state index contributed by atoms with van der Waals surface area (Å²) in [5.74, 6) is 0.514. The molecule has 1 fully saturated rings. The van der Waals surface area contributed by atoms with Crippen molar-refractivity contribution >= 4 is 17.5 Å².